The molecule has 1 fully saturated rings. The monoisotopic (exact) mass is 192 g/mol. The Bertz CT molecular complexity index is 362. The number of anilines is 1. The Morgan fingerprint density at radius 1 is 1.64 bits per heavy atom. The Labute approximate surface area is 82.0 Å². The van der Waals surface area contributed by atoms with Crippen LogP contribution in [0.5, 0.6) is 0 Å². The molecule has 1 aromatic rings. The first-order valence-corrected chi connectivity index (χ1v) is 4.53. The first-order valence-electron chi connectivity index (χ1n) is 4.53. The molecule has 14 heavy (non-hydrogen) atoms. The molecule has 0 aliphatic heterocycles. The SMILES string of the molecule is CN(C(=O)c1cncnc1N)C1CC1. The summed E-state index contributed by atoms with van der Waals surface area (Å²) in [5, 5.41) is 0. The third-order valence-corrected chi connectivity index (χ3v) is 2.39. The number of nitrogens with zero attached hydrogens (tertiary/aromatic N) is 3. The van der Waals surface area contributed by atoms with Crippen LogP contribution in [0.25, 0.3) is 0 Å². The predicted molar refractivity (Wildman–Crippen MR) is 51.6 cm³/mol. The van der Waals surface area contributed by atoms with Gasteiger partial charge in [0.05, 0.1) is 5.56 Å². The van der Waals surface area contributed by atoms with Gasteiger partial charge in [0.15, 0.2) is 0 Å². The van der Waals surface area contributed by atoms with Crippen molar-refractivity contribution >= 4 is 11.7 Å². The number of hydrogen-bond donors (Lipinski definition) is 1. The molecule has 2 rings (SSSR count). The van der Waals surface area contributed by atoms with Crippen molar-refractivity contribution in [2.75, 3.05) is 12.8 Å². The molecule has 5 nitrogen and oxygen atoms in total. The molecule has 1 aliphatic rings. The zero-order chi connectivity index (χ0) is 10.1. The summed E-state index contributed by atoms with van der Waals surface area (Å²) in [6, 6.07) is 0.377. The van der Waals surface area contributed by atoms with Gasteiger partial charge < -0.3 is 10.6 Å². The smallest absolute Gasteiger partial charge is 0.259 e. The van der Waals surface area contributed by atoms with E-state index in [9.17, 15) is 4.79 Å². The average Bonchev–Trinajstić information content (AvgIpc) is 3.00. The van der Waals surface area contributed by atoms with Gasteiger partial charge >= 0.3 is 0 Å². The summed E-state index contributed by atoms with van der Waals surface area (Å²) in [7, 11) is 1.78. The fourth-order valence-corrected chi connectivity index (χ4v) is 1.32. The molecule has 2 N–H and O–H groups in total. The molecule has 1 heterocycles. The van der Waals surface area contributed by atoms with Crippen LogP contribution in [-0.4, -0.2) is 33.9 Å². The summed E-state index contributed by atoms with van der Waals surface area (Å²) < 4.78 is 0. The Balaban J connectivity index is 2.21. The van der Waals surface area contributed by atoms with Crippen molar-refractivity contribution in [2.24, 2.45) is 0 Å². The minimum absolute atomic E-state index is 0.0920. The third kappa shape index (κ3) is 1.53. The van der Waals surface area contributed by atoms with Crippen LogP contribution in [0.4, 0.5) is 5.82 Å². The van der Waals surface area contributed by atoms with Gasteiger partial charge in [-0.15, -0.1) is 0 Å². The molecule has 74 valence electrons. The Hall–Kier alpha value is -1.65. The normalized spacial score (nSPS) is 15.2. The van der Waals surface area contributed by atoms with Crippen molar-refractivity contribution in [2.45, 2.75) is 18.9 Å². The zero-order valence-electron chi connectivity index (χ0n) is 7.97. The highest BCUT2D eigenvalue weighted by Crippen LogP contribution is 2.27. The number of hydrogen-bond acceptors (Lipinski definition) is 4. The number of nitrogens with two attached hydrogens (primary N) is 1. The number of aromatic nitrogens is 2. The molecule has 1 amide bonds. The van der Waals surface area contributed by atoms with Crippen LogP contribution >= 0.6 is 0 Å². The summed E-state index contributed by atoms with van der Waals surface area (Å²) >= 11 is 0. The number of carbonyl (C=O) groups excluding carboxylic acids is 1. The average molecular weight is 192 g/mol. The van der Waals surface area contributed by atoms with Gasteiger partial charge in [-0.05, 0) is 12.8 Å². The van der Waals surface area contributed by atoms with E-state index in [-0.39, 0.29) is 11.7 Å². The molecule has 0 aromatic carbocycles. The van der Waals surface area contributed by atoms with Crippen LogP contribution in [0.1, 0.15) is 23.2 Å². The van der Waals surface area contributed by atoms with Crippen LogP contribution in [0, 0.1) is 0 Å². The molecule has 0 radical (unpaired) electrons. The second-order valence-electron chi connectivity index (χ2n) is 3.47. The minimum atomic E-state index is -0.0920. The van der Waals surface area contributed by atoms with Gasteiger partial charge in [0.1, 0.15) is 12.1 Å². The molecule has 5 heteroatoms. The second kappa shape index (κ2) is 3.25. The van der Waals surface area contributed by atoms with E-state index < -0.39 is 0 Å². The summed E-state index contributed by atoms with van der Waals surface area (Å²) in [5.74, 6) is 0.156. The Kier molecular flexibility index (Phi) is 2.07. The fraction of sp³-hybridized carbons (Fsp3) is 0.444. The Morgan fingerprint density at radius 2 is 2.36 bits per heavy atom. The van der Waals surface area contributed by atoms with E-state index in [1.165, 1.54) is 12.5 Å². The van der Waals surface area contributed by atoms with Crippen LogP contribution < -0.4 is 5.73 Å². The highest BCUT2D eigenvalue weighted by atomic mass is 16.2. The second-order valence-corrected chi connectivity index (χ2v) is 3.47. The van der Waals surface area contributed by atoms with Gasteiger partial charge in [-0.25, -0.2) is 9.97 Å². The fourth-order valence-electron chi connectivity index (χ4n) is 1.32. The van der Waals surface area contributed by atoms with Crippen molar-refractivity contribution in [3.05, 3.63) is 18.1 Å². The largest absolute Gasteiger partial charge is 0.383 e. The highest BCUT2D eigenvalue weighted by molar-refractivity contribution is 5.98. The van der Waals surface area contributed by atoms with Crippen molar-refractivity contribution in [3.8, 4) is 0 Å². The summed E-state index contributed by atoms with van der Waals surface area (Å²) in [4.78, 5) is 21.1. The summed E-state index contributed by atoms with van der Waals surface area (Å²) in [6.45, 7) is 0. The maximum Gasteiger partial charge on any atom is 0.259 e. The van der Waals surface area contributed by atoms with E-state index in [0.29, 0.717) is 11.6 Å². The summed E-state index contributed by atoms with van der Waals surface area (Å²) in [6.07, 6.45) is 4.96. The van der Waals surface area contributed by atoms with Gasteiger partial charge in [-0.1, -0.05) is 0 Å². The molecule has 0 unspecified atom stereocenters. The topological polar surface area (TPSA) is 72.1 Å². The molecule has 0 saturated heterocycles. The number of amides is 1. The van der Waals surface area contributed by atoms with Gasteiger partial charge in [-0.2, -0.15) is 0 Å². The van der Waals surface area contributed by atoms with E-state index in [1.54, 1.807) is 11.9 Å². The number of carbonyl (C=O) groups is 1. The van der Waals surface area contributed by atoms with Crippen LogP contribution in [-0.2, 0) is 0 Å². The number of nitrogen functional groups attached to an aromatic ring is 1. The van der Waals surface area contributed by atoms with Gasteiger partial charge in [0, 0.05) is 19.3 Å². The molecular weight excluding hydrogens is 180 g/mol. The van der Waals surface area contributed by atoms with Crippen LogP contribution in [0.3, 0.4) is 0 Å². The first-order chi connectivity index (χ1) is 6.70. The quantitative estimate of drug-likeness (QED) is 0.731. The van der Waals surface area contributed by atoms with Crippen LogP contribution in [0.15, 0.2) is 12.5 Å². The molecule has 1 saturated carbocycles. The van der Waals surface area contributed by atoms with Gasteiger partial charge in [0.25, 0.3) is 5.91 Å². The van der Waals surface area contributed by atoms with E-state index >= 15 is 0 Å². The molecule has 1 aromatic heterocycles. The lowest BCUT2D eigenvalue weighted by Gasteiger charge is -2.16. The lowest BCUT2D eigenvalue weighted by atomic mass is 10.2. The van der Waals surface area contributed by atoms with Crippen LogP contribution in [0.2, 0.25) is 0 Å². The van der Waals surface area contributed by atoms with Crippen molar-refractivity contribution < 1.29 is 4.79 Å². The maximum atomic E-state index is 11.8. The third-order valence-electron chi connectivity index (χ3n) is 2.39. The van der Waals surface area contributed by atoms with Gasteiger partial charge in [-0.3, -0.25) is 4.79 Å². The number of rotatable bonds is 2. The predicted octanol–water partition coefficient (Wildman–Crippen LogP) is 0.293. The van der Waals surface area contributed by atoms with Crippen molar-refractivity contribution in [1.82, 2.24) is 14.9 Å². The molecule has 0 bridgehead atoms. The van der Waals surface area contributed by atoms with Gasteiger partial charge in [0.2, 0.25) is 0 Å². The van der Waals surface area contributed by atoms with E-state index in [0.717, 1.165) is 12.8 Å². The summed E-state index contributed by atoms with van der Waals surface area (Å²) in [5.41, 5.74) is 5.97. The van der Waals surface area contributed by atoms with E-state index in [1.807, 2.05) is 0 Å². The van der Waals surface area contributed by atoms with Crippen molar-refractivity contribution in [1.29, 1.82) is 0 Å². The zero-order valence-corrected chi connectivity index (χ0v) is 7.97. The molecular formula is C9H12N4O. The maximum absolute atomic E-state index is 11.8. The highest BCUT2D eigenvalue weighted by Gasteiger charge is 2.30. The Morgan fingerprint density at radius 3 is 2.93 bits per heavy atom. The lowest BCUT2D eigenvalue weighted by Crippen LogP contribution is -2.29. The van der Waals surface area contributed by atoms with Crippen molar-refractivity contribution in [3.63, 3.8) is 0 Å². The molecule has 0 spiro atoms. The van der Waals surface area contributed by atoms with E-state index in [4.69, 9.17) is 5.73 Å². The standard InChI is InChI=1S/C9H12N4O/c1-13(6-2-3-6)9(14)7-4-11-5-12-8(7)10/h4-6H,2-3H2,1H3,(H2,10,11,12). The first kappa shape index (κ1) is 8.93. The lowest BCUT2D eigenvalue weighted by molar-refractivity contribution is 0.0785. The van der Waals surface area contributed by atoms with E-state index in [2.05, 4.69) is 9.97 Å². The molecule has 1 aliphatic carbocycles. The molecule has 0 atom stereocenters. The minimum Gasteiger partial charge on any atom is -0.383 e.